The van der Waals surface area contributed by atoms with Crippen molar-refractivity contribution < 1.29 is 9.53 Å². The molecule has 1 saturated heterocycles. The van der Waals surface area contributed by atoms with Crippen LogP contribution in [0.5, 0.6) is 5.75 Å². The summed E-state index contributed by atoms with van der Waals surface area (Å²) in [5.41, 5.74) is 3.83. The van der Waals surface area contributed by atoms with Crippen LogP contribution in [0.25, 0.3) is 11.2 Å². The highest BCUT2D eigenvalue weighted by Gasteiger charge is 2.29. The van der Waals surface area contributed by atoms with Crippen molar-refractivity contribution in [3.63, 3.8) is 0 Å². The van der Waals surface area contributed by atoms with Crippen LogP contribution in [0, 0.1) is 0 Å². The monoisotopic (exact) mass is 394 g/mol. The van der Waals surface area contributed by atoms with E-state index in [2.05, 4.69) is 26.3 Å². The summed E-state index contributed by atoms with van der Waals surface area (Å²) in [4.78, 5) is 22.6. The highest BCUT2D eigenvalue weighted by atomic mass is 16.5. The number of carbonyl (C=O) groups excluding carboxylic acids is 1. The van der Waals surface area contributed by atoms with Crippen molar-refractivity contribution >= 4 is 17.1 Å². The Hall–Kier alpha value is -3.00. The second-order valence-corrected chi connectivity index (χ2v) is 7.35. The summed E-state index contributed by atoms with van der Waals surface area (Å²) in [6, 6.07) is 8.16. The van der Waals surface area contributed by atoms with Crippen molar-refractivity contribution in [1.29, 1.82) is 0 Å². The second kappa shape index (κ2) is 8.57. The number of carbonyl (C=O) groups is 1. The molecule has 1 aliphatic rings. The molecule has 0 saturated carbocycles. The van der Waals surface area contributed by atoms with E-state index in [4.69, 9.17) is 9.84 Å². The molecule has 8 heteroatoms. The molecule has 4 rings (SSSR count). The third-order valence-corrected chi connectivity index (χ3v) is 5.34. The topological polar surface area (TPSA) is 85.2 Å². The van der Waals surface area contributed by atoms with Crippen LogP contribution in [0.15, 0.2) is 36.7 Å². The maximum atomic E-state index is 11.2. The Morgan fingerprint density at radius 3 is 2.93 bits per heavy atom. The van der Waals surface area contributed by atoms with Crippen LogP contribution in [-0.2, 0) is 17.9 Å². The lowest BCUT2D eigenvalue weighted by Gasteiger charge is -2.17. The Morgan fingerprint density at radius 2 is 2.10 bits per heavy atom. The highest BCUT2D eigenvalue weighted by Crippen LogP contribution is 2.32. The fourth-order valence-electron chi connectivity index (χ4n) is 3.97. The number of amides is 1. The molecule has 1 N–H and O–H groups in total. The molecule has 8 nitrogen and oxygen atoms in total. The van der Waals surface area contributed by atoms with Gasteiger partial charge in [0.15, 0.2) is 5.65 Å². The van der Waals surface area contributed by atoms with Crippen LogP contribution in [0.4, 0.5) is 0 Å². The molecule has 0 bridgehead atoms. The maximum Gasteiger partial charge on any atom is 0.216 e. The van der Waals surface area contributed by atoms with Gasteiger partial charge in [-0.25, -0.2) is 14.6 Å². The van der Waals surface area contributed by atoms with Gasteiger partial charge in [-0.1, -0.05) is 18.2 Å². The summed E-state index contributed by atoms with van der Waals surface area (Å²) in [6.07, 6.45) is 4.43. The van der Waals surface area contributed by atoms with Gasteiger partial charge in [0.1, 0.15) is 11.3 Å². The van der Waals surface area contributed by atoms with Crippen LogP contribution in [-0.4, -0.2) is 57.3 Å². The van der Waals surface area contributed by atoms with Crippen LogP contribution in [0.1, 0.15) is 30.5 Å². The molecule has 1 atom stereocenters. The molecule has 0 spiro atoms. The highest BCUT2D eigenvalue weighted by molar-refractivity contribution is 5.74. The van der Waals surface area contributed by atoms with Crippen molar-refractivity contribution in [2.45, 2.75) is 32.4 Å². The van der Waals surface area contributed by atoms with Gasteiger partial charge in [-0.15, -0.1) is 0 Å². The molecule has 1 amide bonds. The van der Waals surface area contributed by atoms with Crippen LogP contribution in [0.2, 0.25) is 0 Å². The minimum absolute atomic E-state index is 0.0458. The number of hydrogen-bond donors (Lipinski definition) is 1. The lowest BCUT2D eigenvalue weighted by atomic mass is 10.0. The Kier molecular flexibility index (Phi) is 5.71. The predicted octanol–water partition coefficient (Wildman–Crippen LogP) is 1.96. The van der Waals surface area contributed by atoms with Gasteiger partial charge in [-0.2, -0.15) is 5.10 Å². The number of hydrogen-bond acceptors (Lipinski definition) is 6. The molecule has 2 aromatic heterocycles. The first-order chi connectivity index (χ1) is 14.2. The molecule has 0 radical (unpaired) electrons. The number of nitrogens with zero attached hydrogens (tertiary/aromatic N) is 5. The number of ether oxygens (including phenoxy) is 1. The third-order valence-electron chi connectivity index (χ3n) is 5.34. The van der Waals surface area contributed by atoms with Crippen molar-refractivity contribution in [3.05, 3.63) is 47.9 Å². The number of aromatic nitrogens is 4. The van der Waals surface area contributed by atoms with Crippen molar-refractivity contribution in [3.8, 4) is 5.75 Å². The van der Waals surface area contributed by atoms with Gasteiger partial charge in [0.2, 0.25) is 5.91 Å². The number of methoxy groups -OCH3 is 1. The normalized spacial score (nSPS) is 17.0. The molecule has 1 aromatic carbocycles. The van der Waals surface area contributed by atoms with E-state index in [9.17, 15) is 4.79 Å². The van der Waals surface area contributed by atoms with E-state index in [1.165, 1.54) is 12.5 Å². The number of benzene rings is 1. The number of nitrogens with one attached hydrogen (secondary N) is 1. The lowest BCUT2D eigenvalue weighted by Crippen LogP contribution is -2.25. The van der Waals surface area contributed by atoms with Gasteiger partial charge in [0.25, 0.3) is 0 Å². The quantitative estimate of drug-likeness (QED) is 0.659. The molecule has 1 fully saturated rings. The maximum absolute atomic E-state index is 11.2. The van der Waals surface area contributed by atoms with Crippen molar-refractivity contribution in [1.82, 2.24) is 30.0 Å². The number of rotatable bonds is 7. The lowest BCUT2D eigenvalue weighted by molar-refractivity contribution is -0.118. The number of likely N-dealkylation sites (tertiary alicyclic amines) is 1. The summed E-state index contributed by atoms with van der Waals surface area (Å²) >= 11 is 0. The Balaban J connectivity index is 1.51. The van der Waals surface area contributed by atoms with E-state index < -0.39 is 0 Å². The van der Waals surface area contributed by atoms with Crippen LogP contribution in [0.3, 0.4) is 0 Å². The fraction of sp³-hybridized carbons (Fsp3) is 0.429. The molecular formula is C21H26N6O2. The summed E-state index contributed by atoms with van der Waals surface area (Å²) in [7, 11) is 1.71. The Labute approximate surface area is 169 Å². The molecular weight excluding hydrogens is 368 g/mol. The Morgan fingerprint density at radius 1 is 1.28 bits per heavy atom. The summed E-state index contributed by atoms with van der Waals surface area (Å²) < 4.78 is 7.35. The first-order valence-electron chi connectivity index (χ1n) is 9.92. The molecule has 0 unspecified atom stereocenters. The fourth-order valence-corrected chi connectivity index (χ4v) is 3.97. The molecule has 152 valence electrons. The zero-order valence-electron chi connectivity index (χ0n) is 16.8. The van der Waals surface area contributed by atoms with E-state index >= 15 is 0 Å². The minimum Gasteiger partial charge on any atom is -0.496 e. The molecule has 3 aromatic rings. The first-order valence-corrected chi connectivity index (χ1v) is 9.92. The van der Waals surface area contributed by atoms with Gasteiger partial charge < -0.3 is 10.1 Å². The predicted molar refractivity (Wildman–Crippen MR) is 110 cm³/mol. The van der Waals surface area contributed by atoms with Gasteiger partial charge in [0, 0.05) is 50.4 Å². The van der Waals surface area contributed by atoms with E-state index in [0.29, 0.717) is 19.0 Å². The molecule has 0 aliphatic carbocycles. The SMILES string of the molecule is COc1ccccc1CN1CC[C@@H](c2nn(CCNC(C)=O)c3nccnc23)C1. The standard InChI is InChI=1S/C21H26N6O2/c1-15(28)22-10-12-27-21-20(23-8-9-24-21)19(25-27)17-7-11-26(14-17)13-16-5-3-4-6-18(16)29-2/h3-6,8-9,17H,7,10-14H2,1-2H3,(H,22,28)/t17-/m1/s1. The second-order valence-electron chi connectivity index (χ2n) is 7.35. The average molecular weight is 394 g/mol. The van der Waals surface area contributed by atoms with Gasteiger partial charge >= 0.3 is 0 Å². The smallest absolute Gasteiger partial charge is 0.216 e. The van der Waals surface area contributed by atoms with E-state index in [1.54, 1.807) is 19.5 Å². The zero-order valence-corrected chi connectivity index (χ0v) is 16.8. The molecule has 1 aliphatic heterocycles. The summed E-state index contributed by atoms with van der Waals surface area (Å²) in [6.45, 7) is 5.39. The number of fused-ring (bicyclic) bond motifs is 1. The van der Waals surface area contributed by atoms with Crippen molar-refractivity contribution in [2.75, 3.05) is 26.7 Å². The first kappa shape index (κ1) is 19.3. The van der Waals surface area contributed by atoms with Gasteiger partial charge in [0.05, 0.1) is 19.3 Å². The molecule has 29 heavy (non-hydrogen) atoms. The zero-order chi connectivity index (χ0) is 20.2. The number of para-hydroxylation sites is 1. The summed E-state index contributed by atoms with van der Waals surface area (Å²) in [5, 5.41) is 7.65. The third kappa shape index (κ3) is 4.22. The van der Waals surface area contributed by atoms with E-state index in [1.807, 2.05) is 22.9 Å². The van der Waals surface area contributed by atoms with E-state index in [-0.39, 0.29) is 5.91 Å². The largest absolute Gasteiger partial charge is 0.496 e. The summed E-state index contributed by atoms with van der Waals surface area (Å²) in [5.74, 6) is 1.19. The van der Waals surface area contributed by atoms with Gasteiger partial charge in [-0.05, 0) is 19.0 Å². The van der Waals surface area contributed by atoms with Crippen molar-refractivity contribution in [2.24, 2.45) is 0 Å². The van der Waals surface area contributed by atoms with E-state index in [0.717, 1.165) is 48.7 Å². The van der Waals surface area contributed by atoms with Crippen LogP contribution < -0.4 is 10.1 Å². The van der Waals surface area contributed by atoms with Gasteiger partial charge in [-0.3, -0.25) is 9.69 Å². The average Bonchev–Trinajstić information content (AvgIpc) is 3.33. The Bertz CT molecular complexity index is 1000. The molecule has 3 heterocycles. The minimum atomic E-state index is -0.0458. The van der Waals surface area contributed by atoms with Crippen LogP contribution >= 0.6 is 0 Å².